The molecule has 272 valence electrons. The van der Waals surface area contributed by atoms with E-state index in [9.17, 15) is 34.8 Å². The minimum atomic E-state index is -6.02. The fourth-order valence-electron chi connectivity index (χ4n) is 5.76. The normalized spacial score (nSPS) is 17.3. The Bertz CT molecular complexity index is 1830. The summed E-state index contributed by atoms with van der Waals surface area (Å²) in [7, 11) is -8.80. The van der Waals surface area contributed by atoms with Crippen molar-refractivity contribution in [3.05, 3.63) is 78.4 Å². The van der Waals surface area contributed by atoms with Crippen LogP contribution in [0.4, 0.5) is 24.5 Å². The van der Waals surface area contributed by atoms with Gasteiger partial charge in [-0.2, -0.15) is 13.2 Å². The third kappa shape index (κ3) is 9.50. The number of alkyl halides is 3. The molecule has 0 aliphatic carbocycles. The van der Waals surface area contributed by atoms with Gasteiger partial charge >= 0.3 is 5.51 Å². The van der Waals surface area contributed by atoms with Crippen molar-refractivity contribution >= 4 is 48.9 Å². The van der Waals surface area contributed by atoms with Crippen molar-refractivity contribution in [2.45, 2.75) is 32.7 Å². The highest BCUT2D eigenvalue weighted by Gasteiger charge is 2.48. The standard InChI is InChI=1S/C33H41F3N6O5S3/c1-40-19-21-41(22-20-40)16-13-25(24-48-26-7-3-2-4-8-26)38-29-12-11-27(23-31(29)49(44,45)33(34,35)36)50(46,47)39-32(43)28-9-5-6-10-30(28)42-17-14-37-15-18-42/h2-12,23,25,37-38H,13-22,24H2,1H3,(H,39,43). The SMILES string of the molecule is CN1CCN(CCC(CSc2ccccc2)Nc2ccc(S(=O)(=O)NC(=O)c3ccccc3N3CCNCC3)cc2S(=O)(=O)C(F)(F)F)CC1. The number of sulfone groups is 1. The highest BCUT2D eigenvalue weighted by atomic mass is 32.2. The maximum atomic E-state index is 14.1. The lowest BCUT2D eigenvalue weighted by molar-refractivity contribution is -0.0435. The summed E-state index contributed by atoms with van der Waals surface area (Å²) in [5.74, 6) is -0.602. The number of hydrogen-bond acceptors (Lipinski definition) is 11. The van der Waals surface area contributed by atoms with E-state index in [4.69, 9.17) is 0 Å². The molecule has 0 saturated carbocycles. The number of anilines is 2. The lowest BCUT2D eigenvalue weighted by Gasteiger charge is -2.33. The van der Waals surface area contributed by atoms with Gasteiger partial charge in [-0.25, -0.2) is 21.6 Å². The van der Waals surface area contributed by atoms with Crippen LogP contribution in [0.2, 0.25) is 0 Å². The molecule has 2 fully saturated rings. The van der Waals surface area contributed by atoms with Crippen LogP contribution in [0.3, 0.4) is 0 Å². The number of carbonyl (C=O) groups excluding carboxylic acids is 1. The quantitative estimate of drug-likeness (QED) is 0.221. The molecule has 17 heteroatoms. The molecule has 5 rings (SSSR count). The molecular formula is C33H41F3N6O5S3. The van der Waals surface area contributed by atoms with E-state index in [1.807, 2.05) is 47.0 Å². The molecule has 0 bridgehead atoms. The highest BCUT2D eigenvalue weighted by Crippen LogP contribution is 2.37. The smallest absolute Gasteiger partial charge is 0.380 e. The van der Waals surface area contributed by atoms with Gasteiger partial charge in [0.15, 0.2) is 0 Å². The van der Waals surface area contributed by atoms with Gasteiger partial charge in [0.2, 0.25) is 0 Å². The third-order valence-electron chi connectivity index (χ3n) is 8.63. The molecule has 3 aromatic carbocycles. The zero-order valence-corrected chi connectivity index (χ0v) is 30.0. The largest absolute Gasteiger partial charge is 0.501 e. The Balaban J connectivity index is 1.43. The molecular weight excluding hydrogens is 714 g/mol. The summed E-state index contributed by atoms with van der Waals surface area (Å²) in [5.41, 5.74) is -5.55. The van der Waals surface area contributed by atoms with E-state index in [2.05, 4.69) is 20.4 Å². The summed E-state index contributed by atoms with van der Waals surface area (Å²) in [5, 5.41) is 6.20. The number of amides is 1. The summed E-state index contributed by atoms with van der Waals surface area (Å²) in [6.45, 7) is 6.48. The van der Waals surface area contributed by atoms with E-state index in [1.54, 1.807) is 18.2 Å². The predicted molar refractivity (Wildman–Crippen MR) is 189 cm³/mol. The van der Waals surface area contributed by atoms with Crippen LogP contribution in [-0.2, 0) is 19.9 Å². The molecule has 2 aliphatic rings. The third-order valence-corrected chi connectivity index (χ3v) is 12.7. The zero-order valence-electron chi connectivity index (χ0n) is 27.5. The number of piperazine rings is 2. The predicted octanol–water partition coefficient (Wildman–Crippen LogP) is 3.72. The Morgan fingerprint density at radius 3 is 2.24 bits per heavy atom. The molecule has 2 heterocycles. The Morgan fingerprint density at radius 2 is 1.56 bits per heavy atom. The lowest BCUT2D eigenvalue weighted by atomic mass is 10.1. The van der Waals surface area contributed by atoms with Crippen LogP contribution >= 0.6 is 11.8 Å². The van der Waals surface area contributed by atoms with Crippen molar-refractivity contribution in [2.75, 3.05) is 81.9 Å². The van der Waals surface area contributed by atoms with Crippen LogP contribution in [0.1, 0.15) is 16.8 Å². The van der Waals surface area contributed by atoms with Gasteiger partial charge in [0.25, 0.3) is 25.8 Å². The van der Waals surface area contributed by atoms with Gasteiger partial charge in [-0.1, -0.05) is 30.3 Å². The second-order valence-electron chi connectivity index (χ2n) is 12.2. The summed E-state index contributed by atoms with van der Waals surface area (Å²) in [6.07, 6.45) is 0.484. The number of sulfonamides is 1. The van der Waals surface area contributed by atoms with Crippen molar-refractivity contribution in [1.82, 2.24) is 19.8 Å². The monoisotopic (exact) mass is 754 g/mol. The van der Waals surface area contributed by atoms with Gasteiger partial charge in [-0.3, -0.25) is 4.79 Å². The average Bonchev–Trinajstić information content (AvgIpc) is 3.10. The van der Waals surface area contributed by atoms with Crippen LogP contribution < -0.4 is 20.3 Å². The Morgan fingerprint density at radius 1 is 0.900 bits per heavy atom. The van der Waals surface area contributed by atoms with Crippen LogP contribution in [0.25, 0.3) is 0 Å². The second-order valence-corrected chi connectivity index (χ2v) is 16.9. The van der Waals surface area contributed by atoms with Gasteiger partial charge in [-0.05, 0) is 55.9 Å². The Labute approximate surface area is 295 Å². The number of likely N-dealkylation sites (N-methyl/N-ethyl adjacent to an activating group) is 1. The van der Waals surface area contributed by atoms with E-state index >= 15 is 0 Å². The first-order valence-corrected chi connectivity index (χ1v) is 20.1. The lowest BCUT2D eigenvalue weighted by Crippen LogP contribution is -2.45. The number of nitrogens with one attached hydrogen (secondary N) is 3. The number of thioether (sulfide) groups is 1. The molecule has 1 unspecified atom stereocenters. The highest BCUT2D eigenvalue weighted by molar-refractivity contribution is 7.99. The Kier molecular flexibility index (Phi) is 12.4. The van der Waals surface area contributed by atoms with Crippen LogP contribution in [0.15, 0.2) is 87.5 Å². The van der Waals surface area contributed by atoms with E-state index in [-0.39, 0.29) is 11.3 Å². The zero-order chi connectivity index (χ0) is 35.9. The van der Waals surface area contributed by atoms with Crippen molar-refractivity contribution in [3.8, 4) is 0 Å². The first-order valence-electron chi connectivity index (χ1n) is 16.2. The van der Waals surface area contributed by atoms with Gasteiger partial charge in [0.1, 0.15) is 4.90 Å². The summed E-state index contributed by atoms with van der Waals surface area (Å²) in [6, 6.07) is 17.8. The topological polar surface area (TPSA) is 131 Å². The summed E-state index contributed by atoms with van der Waals surface area (Å²) < 4.78 is 96.9. The number of nitrogens with zero attached hydrogens (tertiary/aromatic N) is 3. The molecule has 1 amide bonds. The number of rotatable bonds is 13. The fourth-order valence-corrected chi connectivity index (χ4v) is 8.77. The maximum absolute atomic E-state index is 14.1. The van der Waals surface area contributed by atoms with E-state index in [0.717, 1.165) is 43.2 Å². The van der Waals surface area contributed by atoms with E-state index < -0.39 is 47.1 Å². The van der Waals surface area contributed by atoms with E-state index in [1.165, 1.54) is 17.8 Å². The molecule has 50 heavy (non-hydrogen) atoms. The minimum absolute atomic E-state index is 0.0542. The number of para-hydroxylation sites is 1. The molecule has 1 atom stereocenters. The number of hydrogen-bond donors (Lipinski definition) is 3. The fraction of sp³-hybridized carbons (Fsp3) is 0.424. The minimum Gasteiger partial charge on any atom is -0.380 e. The summed E-state index contributed by atoms with van der Waals surface area (Å²) in [4.78, 5) is 18.6. The average molecular weight is 755 g/mol. The van der Waals surface area contributed by atoms with Gasteiger partial charge < -0.3 is 25.3 Å². The maximum Gasteiger partial charge on any atom is 0.501 e. The van der Waals surface area contributed by atoms with Crippen molar-refractivity contribution in [2.24, 2.45) is 0 Å². The Hall–Kier alpha value is -3.35. The molecule has 2 aliphatic heterocycles. The number of halogens is 3. The van der Waals surface area contributed by atoms with E-state index in [0.29, 0.717) is 56.7 Å². The molecule has 11 nitrogen and oxygen atoms in total. The molecule has 0 radical (unpaired) electrons. The number of benzene rings is 3. The van der Waals surface area contributed by atoms with Crippen LogP contribution in [0.5, 0.6) is 0 Å². The van der Waals surface area contributed by atoms with Gasteiger partial charge in [0.05, 0.1) is 16.1 Å². The first kappa shape index (κ1) is 37.9. The van der Waals surface area contributed by atoms with Gasteiger partial charge in [-0.15, -0.1) is 11.8 Å². The first-order chi connectivity index (χ1) is 23.7. The molecule has 0 aromatic heterocycles. The van der Waals surface area contributed by atoms with Crippen molar-refractivity contribution in [1.29, 1.82) is 0 Å². The van der Waals surface area contributed by atoms with Crippen molar-refractivity contribution < 1.29 is 34.8 Å². The molecule has 0 spiro atoms. The number of carbonyl (C=O) groups is 1. The molecule has 3 aromatic rings. The second kappa shape index (κ2) is 16.3. The summed E-state index contributed by atoms with van der Waals surface area (Å²) >= 11 is 1.47. The molecule has 2 saturated heterocycles. The van der Waals surface area contributed by atoms with Gasteiger partial charge in [0, 0.05) is 81.3 Å². The molecule has 3 N–H and O–H groups in total. The van der Waals surface area contributed by atoms with Crippen LogP contribution in [-0.4, -0.2) is 116 Å². The van der Waals surface area contributed by atoms with Crippen LogP contribution in [0, 0.1) is 0 Å². The van der Waals surface area contributed by atoms with Crippen molar-refractivity contribution in [3.63, 3.8) is 0 Å².